The molecule has 19 heavy (non-hydrogen) atoms. The van der Waals surface area contributed by atoms with E-state index < -0.39 is 15.7 Å². The molecule has 0 aromatic heterocycles. The van der Waals surface area contributed by atoms with Gasteiger partial charge in [0.15, 0.2) is 9.84 Å². The molecule has 1 aromatic rings. The van der Waals surface area contributed by atoms with E-state index in [-0.39, 0.29) is 10.6 Å². The minimum atomic E-state index is -3.30. The molecule has 0 saturated carbocycles. The fraction of sp³-hybridized carbons (Fsp3) is 0.538. The topological polar surface area (TPSA) is 58.2 Å². The maximum atomic E-state index is 13.6. The second kappa shape index (κ2) is 5.88. The van der Waals surface area contributed by atoms with E-state index in [9.17, 15) is 12.8 Å². The maximum absolute atomic E-state index is 13.6. The molecule has 0 radical (unpaired) electrons. The third-order valence-electron chi connectivity index (χ3n) is 3.35. The first-order valence-corrected chi connectivity index (χ1v) is 8.30. The van der Waals surface area contributed by atoms with Crippen molar-refractivity contribution >= 4 is 15.5 Å². The molecule has 1 heterocycles. The second-order valence-electron chi connectivity index (χ2n) is 5.01. The van der Waals surface area contributed by atoms with Crippen LogP contribution in [-0.2, 0) is 9.84 Å². The zero-order valence-corrected chi connectivity index (χ0v) is 11.8. The summed E-state index contributed by atoms with van der Waals surface area (Å²) in [6.07, 6.45) is 3.35. The number of rotatable bonds is 4. The van der Waals surface area contributed by atoms with Gasteiger partial charge in [-0.2, -0.15) is 0 Å². The molecular formula is C13H19FN2O2S. The van der Waals surface area contributed by atoms with Crippen LogP contribution >= 0.6 is 0 Å². The Morgan fingerprint density at radius 2 is 2.26 bits per heavy atom. The molecule has 106 valence electrons. The van der Waals surface area contributed by atoms with Crippen LogP contribution in [0.5, 0.6) is 0 Å². The summed E-state index contributed by atoms with van der Waals surface area (Å²) < 4.78 is 36.5. The number of hydrogen-bond acceptors (Lipinski definition) is 4. The van der Waals surface area contributed by atoms with Crippen LogP contribution in [0.2, 0.25) is 0 Å². The highest BCUT2D eigenvalue weighted by Gasteiger charge is 2.15. The molecule has 0 spiro atoms. The van der Waals surface area contributed by atoms with E-state index in [1.54, 1.807) is 0 Å². The van der Waals surface area contributed by atoms with E-state index in [0.717, 1.165) is 32.2 Å². The van der Waals surface area contributed by atoms with E-state index in [2.05, 4.69) is 10.6 Å². The highest BCUT2D eigenvalue weighted by Crippen LogP contribution is 2.20. The molecule has 6 heteroatoms. The van der Waals surface area contributed by atoms with Gasteiger partial charge in [0.1, 0.15) is 5.82 Å². The van der Waals surface area contributed by atoms with E-state index in [4.69, 9.17) is 0 Å². The second-order valence-corrected chi connectivity index (χ2v) is 7.02. The van der Waals surface area contributed by atoms with E-state index >= 15 is 0 Å². The van der Waals surface area contributed by atoms with Gasteiger partial charge in [0.25, 0.3) is 0 Å². The molecular weight excluding hydrogens is 267 g/mol. The third kappa shape index (κ3) is 3.91. The summed E-state index contributed by atoms with van der Waals surface area (Å²) in [5, 5.41) is 6.31. The van der Waals surface area contributed by atoms with Crippen molar-refractivity contribution in [1.82, 2.24) is 5.32 Å². The molecule has 4 nitrogen and oxygen atoms in total. The van der Waals surface area contributed by atoms with Crippen LogP contribution in [-0.4, -0.2) is 34.3 Å². The molecule has 1 aliphatic rings. The van der Waals surface area contributed by atoms with Gasteiger partial charge in [-0.15, -0.1) is 0 Å². The molecule has 0 bridgehead atoms. The molecule has 1 saturated heterocycles. The smallest absolute Gasteiger partial charge is 0.175 e. The number of anilines is 1. The molecule has 0 amide bonds. The summed E-state index contributed by atoms with van der Waals surface area (Å²) in [4.78, 5) is 0.137. The molecule has 1 aromatic carbocycles. The van der Waals surface area contributed by atoms with Crippen molar-refractivity contribution in [2.45, 2.75) is 17.7 Å². The number of benzene rings is 1. The van der Waals surface area contributed by atoms with Crippen LogP contribution in [0.4, 0.5) is 10.1 Å². The Balaban J connectivity index is 2.06. The maximum Gasteiger partial charge on any atom is 0.175 e. The summed E-state index contributed by atoms with van der Waals surface area (Å²) in [5.74, 6) is 0.0335. The number of sulfone groups is 1. The van der Waals surface area contributed by atoms with Crippen molar-refractivity contribution in [3.63, 3.8) is 0 Å². The first-order valence-electron chi connectivity index (χ1n) is 6.41. The molecule has 2 rings (SSSR count). The lowest BCUT2D eigenvalue weighted by atomic mass is 10.00. The van der Waals surface area contributed by atoms with E-state index in [1.807, 2.05) is 0 Å². The minimum Gasteiger partial charge on any atom is -0.382 e. The van der Waals surface area contributed by atoms with Gasteiger partial charge < -0.3 is 10.6 Å². The van der Waals surface area contributed by atoms with Crippen molar-refractivity contribution in [3.05, 3.63) is 24.0 Å². The normalized spacial score (nSPS) is 20.2. The molecule has 0 aliphatic carbocycles. The van der Waals surface area contributed by atoms with Gasteiger partial charge in [-0.05, 0) is 50.0 Å². The van der Waals surface area contributed by atoms with Crippen LogP contribution < -0.4 is 10.6 Å². The molecule has 1 atom stereocenters. The predicted molar refractivity (Wildman–Crippen MR) is 73.6 cm³/mol. The number of piperidine rings is 1. The lowest BCUT2D eigenvalue weighted by Crippen LogP contribution is -2.33. The van der Waals surface area contributed by atoms with Gasteiger partial charge in [0.2, 0.25) is 0 Å². The Labute approximate surface area is 113 Å². The molecule has 2 N–H and O–H groups in total. The minimum absolute atomic E-state index is 0.137. The summed E-state index contributed by atoms with van der Waals surface area (Å²) >= 11 is 0. The Bertz CT molecular complexity index is 540. The predicted octanol–water partition coefficient (Wildman–Crippen LogP) is 1.64. The summed E-state index contributed by atoms with van der Waals surface area (Å²) in [6, 6.07) is 3.84. The Hall–Kier alpha value is -1.14. The number of hydrogen-bond donors (Lipinski definition) is 2. The highest BCUT2D eigenvalue weighted by atomic mass is 32.2. The monoisotopic (exact) mass is 286 g/mol. The zero-order valence-electron chi connectivity index (χ0n) is 10.9. The van der Waals surface area contributed by atoms with Crippen molar-refractivity contribution in [2.75, 3.05) is 31.2 Å². The largest absolute Gasteiger partial charge is 0.382 e. The first kappa shape index (κ1) is 14.3. The average Bonchev–Trinajstić information content (AvgIpc) is 2.37. The van der Waals surface area contributed by atoms with Gasteiger partial charge in [0, 0.05) is 12.8 Å². The number of nitrogens with one attached hydrogen (secondary N) is 2. The van der Waals surface area contributed by atoms with Crippen molar-refractivity contribution in [2.24, 2.45) is 5.92 Å². The van der Waals surface area contributed by atoms with Gasteiger partial charge in [-0.3, -0.25) is 0 Å². The summed E-state index contributed by atoms with van der Waals surface area (Å²) in [7, 11) is -3.30. The third-order valence-corrected chi connectivity index (χ3v) is 4.46. The van der Waals surface area contributed by atoms with Gasteiger partial charge in [0.05, 0.1) is 10.6 Å². The summed E-state index contributed by atoms with van der Waals surface area (Å²) in [5.41, 5.74) is 0.258. The first-order chi connectivity index (χ1) is 8.97. The highest BCUT2D eigenvalue weighted by molar-refractivity contribution is 7.90. The zero-order chi connectivity index (χ0) is 13.9. The van der Waals surface area contributed by atoms with Gasteiger partial charge in [-0.1, -0.05) is 0 Å². The van der Waals surface area contributed by atoms with Gasteiger partial charge >= 0.3 is 0 Å². The Kier molecular flexibility index (Phi) is 4.42. The van der Waals surface area contributed by atoms with Gasteiger partial charge in [-0.25, -0.2) is 12.8 Å². The quantitative estimate of drug-likeness (QED) is 0.826. The van der Waals surface area contributed by atoms with Crippen LogP contribution in [0.1, 0.15) is 12.8 Å². The SMILES string of the molecule is CS(=O)(=O)c1ccc(F)c(NCC2CCCNC2)c1. The Morgan fingerprint density at radius 3 is 2.89 bits per heavy atom. The average molecular weight is 286 g/mol. The Morgan fingerprint density at radius 1 is 1.47 bits per heavy atom. The standard InChI is InChI=1S/C13H19FN2O2S/c1-19(17,18)11-4-5-12(14)13(7-11)16-9-10-3-2-6-15-8-10/h4-5,7,10,15-16H,2-3,6,8-9H2,1H3. The lowest BCUT2D eigenvalue weighted by Gasteiger charge is -2.23. The van der Waals surface area contributed by atoms with E-state index in [1.165, 1.54) is 18.2 Å². The van der Waals surface area contributed by atoms with Crippen molar-refractivity contribution in [1.29, 1.82) is 0 Å². The molecule has 1 unspecified atom stereocenters. The molecule has 1 fully saturated rings. The summed E-state index contributed by atoms with van der Waals surface area (Å²) in [6.45, 7) is 2.60. The fourth-order valence-electron chi connectivity index (χ4n) is 2.22. The van der Waals surface area contributed by atoms with Crippen molar-refractivity contribution in [3.8, 4) is 0 Å². The van der Waals surface area contributed by atoms with Crippen LogP contribution in [0.3, 0.4) is 0 Å². The van der Waals surface area contributed by atoms with Crippen molar-refractivity contribution < 1.29 is 12.8 Å². The lowest BCUT2D eigenvalue weighted by molar-refractivity contribution is 0.392. The number of halogens is 1. The van der Waals surface area contributed by atoms with Crippen LogP contribution in [0.25, 0.3) is 0 Å². The fourth-order valence-corrected chi connectivity index (χ4v) is 2.87. The molecule has 1 aliphatic heterocycles. The van der Waals surface area contributed by atoms with Crippen LogP contribution in [0.15, 0.2) is 23.1 Å². The van der Waals surface area contributed by atoms with E-state index in [0.29, 0.717) is 12.5 Å². The van der Waals surface area contributed by atoms with Crippen LogP contribution in [0, 0.1) is 11.7 Å².